The molecule has 0 spiro atoms. The van der Waals surface area contributed by atoms with Crippen LogP contribution < -0.4 is 5.73 Å². The van der Waals surface area contributed by atoms with E-state index in [1.54, 1.807) is 12.3 Å². The predicted octanol–water partition coefficient (Wildman–Crippen LogP) is 3.04. The minimum absolute atomic E-state index is 0.420. The van der Waals surface area contributed by atoms with E-state index in [0.29, 0.717) is 10.7 Å². The molecule has 4 nitrogen and oxygen atoms in total. The number of carboxylic acid groups (broad SMARTS) is 1. The zero-order valence-corrected chi connectivity index (χ0v) is 10.8. The summed E-state index contributed by atoms with van der Waals surface area (Å²) in [6.45, 7) is 2.04. The molecule has 2 aromatic heterocycles. The molecule has 5 heteroatoms. The fraction of sp³-hybridized carbons (Fsp3) is 0.231. The number of nitrogens with zero attached hydrogens (tertiary/aromatic N) is 1. The molecular weight excluding hydrogens is 248 g/mol. The number of pyridine rings is 1. The molecule has 0 fully saturated rings. The first kappa shape index (κ1) is 12.6. The lowest BCUT2D eigenvalue weighted by atomic mass is 10.1. The van der Waals surface area contributed by atoms with Crippen molar-refractivity contribution >= 4 is 23.1 Å². The van der Waals surface area contributed by atoms with E-state index in [1.807, 2.05) is 19.1 Å². The van der Waals surface area contributed by atoms with Gasteiger partial charge in [0.2, 0.25) is 0 Å². The van der Waals surface area contributed by atoms with Gasteiger partial charge in [0.25, 0.3) is 0 Å². The quantitative estimate of drug-likeness (QED) is 0.887. The Morgan fingerprint density at radius 3 is 2.83 bits per heavy atom. The first-order valence-corrected chi connectivity index (χ1v) is 6.51. The Labute approximate surface area is 109 Å². The molecule has 0 aliphatic carbocycles. The molecule has 0 saturated heterocycles. The number of aryl methyl sites for hydroxylation is 1. The van der Waals surface area contributed by atoms with Gasteiger partial charge in [-0.3, -0.25) is 0 Å². The van der Waals surface area contributed by atoms with Crippen LogP contribution in [0.1, 0.15) is 28.6 Å². The van der Waals surface area contributed by atoms with Crippen molar-refractivity contribution in [3.05, 3.63) is 34.8 Å². The number of carboxylic acids is 1. The monoisotopic (exact) mass is 262 g/mol. The summed E-state index contributed by atoms with van der Waals surface area (Å²) < 4.78 is 0. The molecule has 0 amide bonds. The maximum atomic E-state index is 11.2. The van der Waals surface area contributed by atoms with Crippen molar-refractivity contribution in [2.45, 2.75) is 19.8 Å². The molecule has 2 heterocycles. The van der Waals surface area contributed by atoms with Crippen LogP contribution in [0.25, 0.3) is 10.4 Å². The van der Waals surface area contributed by atoms with Gasteiger partial charge in [0.05, 0.1) is 0 Å². The maximum Gasteiger partial charge on any atom is 0.346 e. The summed E-state index contributed by atoms with van der Waals surface area (Å²) in [5.74, 6) is -0.402. The molecule has 94 valence electrons. The number of anilines is 1. The number of hydrogen-bond donors (Lipinski definition) is 2. The molecular formula is C13H14N2O2S. The summed E-state index contributed by atoms with van der Waals surface area (Å²) in [5, 5.41) is 9.17. The maximum absolute atomic E-state index is 11.2. The second-order valence-corrected chi connectivity index (χ2v) is 5.04. The molecule has 0 aliphatic heterocycles. The average Bonchev–Trinajstić information content (AvgIpc) is 2.75. The van der Waals surface area contributed by atoms with Crippen LogP contribution in [0, 0.1) is 0 Å². The van der Waals surface area contributed by atoms with E-state index in [1.165, 1.54) is 11.3 Å². The lowest BCUT2D eigenvalue weighted by Gasteiger charge is -1.96. The topological polar surface area (TPSA) is 76.2 Å². The van der Waals surface area contributed by atoms with Crippen LogP contribution in [0.4, 0.5) is 5.82 Å². The third kappa shape index (κ3) is 2.51. The Hall–Kier alpha value is -1.88. The van der Waals surface area contributed by atoms with Crippen molar-refractivity contribution in [2.75, 3.05) is 5.73 Å². The van der Waals surface area contributed by atoms with E-state index in [4.69, 9.17) is 5.73 Å². The molecule has 3 N–H and O–H groups in total. The predicted molar refractivity (Wildman–Crippen MR) is 72.9 cm³/mol. The minimum atomic E-state index is -0.863. The zero-order valence-electron chi connectivity index (χ0n) is 10.0. The van der Waals surface area contributed by atoms with E-state index in [0.717, 1.165) is 28.8 Å². The third-order valence-electron chi connectivity index (χ3n) is 2.59. The van der Waals surface area contributed by atoms with Gasteiger partial charge >= 0.3 is 5.97 Å². The lowest BCUT2D eigenvalue weighted by molar-refractivity contribution is 0.0701. The highest BCUT2D eigenvalue weighted by Crippen LogP contribution is 2.32. The highest BCUT2D eigenvalue weighted by molar-refractivity contribution is 7.17. The fourth-order valence-electron chi connectivity index (χ4n) is 1.76. The second-order valence-electron chi connectivity index (χ2n) is 3.99. The summed E-state index contributed by atoms with van der Waals surface area (Å²) in [7, 11) is 0. The standard InChI is InChI=1S/C13H14N2O2S/c1-2-3-8-6-10(18-12(8)13(16)17)9-4-5-11(14)15-7-9/h4-7H,2-3H2,1H3,(H2,14,15)(H,16,17). The number of carbonyl (C=O) groups is 1. The largest absolute Gasteiger partial charge is 0.477 e. The van der Waals surface area contributed by atoms with Gasteiger partial charge in [-0.25, -0.2) is 9.78 Å². The number of aromatic carboxylic acids is 1. The van der Waals surface area contributed by atoms with E-state index >= 15 is 0 Å². The highest BCUT2D eigenvalue weighted by atomic mass is 32.1. The summed E-state index contributed by atoms with van der Waals surface area (Å²) >= 11 is 1.29. The number of rotatable bonds is 4. The average molecular weight is 262 g/mol. The van der Waals surface area contributed by atoms with Crippen LogP contribution in [-0.4, -0.2) is 16.1 Å². The van der Waals surface area contributed by atoms with Gasteiger partial charge in [0.15, 0.2) is 0 Å². The van der Waals surface area contributed by atoms with Crippen molar-refractivity contribution in [3.8, 4) is 10.4 Å². The van der Waals surface area contributed by atoms with Crippen molar-refractivity contribution in [1.82, 2.24) is 4.98 Å². The Balaban J connectivity index is 2.42. The van der Waals surface area contributed by atoms with Crippen molar-refractivity contribution < 1.29 is 9.90 Å². The van der Waals surface area contributed by atoms with Gasteiger partial charge in [-0.1, -0.05) is 13.3 Å². The molecule has 2 rings (SSSR count). The molecule has 18 heavy (non-hydrogen) atoms. The summed E-state index contributed by atoms with van der Waals surface area (Å²) in [4.78, 5) is 16.5. The Kier molecular flexibility index (Phi) is 3.62. The van der Waals surface area contributed by atoms with Gasteiger partial charge in [-0.15, -0.1) is 11.3 Å². The smallest absolute Gasteiger partial charge is 0.346 e. The Morgan fingerprint density at radius 2 is 2.28 bits per heavy atom. The number of aromatic nitrogens is 1. The molecule has 0 unspecified atom stereocenters. The van der Waals surface area contributed by atoms with E-state index < -0.39 is 5.97 Å². The van der Waals surface area contributed by atoms with E-state index in [-0.39, 0.29) is 0 Å². The number of thiophene rings is 1. The normalized spacial score (nSPS) is 10.5. The SMILES string of the molecule is CCCc1cc(-c2ccc(N)nc2)sc1C(=O)O. The van der Waals surface area contributed by atoms with Gasteiger partial charge in [0.1, 0.15) is 10.7 Å². The van der Waals surface area contributed by atoms with Crippen LogP contribution in [0.2, 0.25) is 0 Å². The first-order chi connectivity index (χ1) is 8.61. The molecule has 0 radical (unpaired) electrons. The van der Waals surface area contributed by atoms with Crippen LogP contribution in [-0.2, 0) is 6.42 Å². The van der Waals surface area contributed by atoms with E-state index in [9.17, 15) is 9.90 Å². The fourth-order valence-corrected chi connectivity index (χ4v) is 2.80. The molecule has 0 atom stereocenters. The number of nitrogens with two attached hydrogens (primary N) is 1. The zero-order chi connectivity index (χ0) is 13.1. The van der Waals surface area contributed by atoms with Crippen molar-refractivity contribution in [2.24, 2.45) is 0 Å². The van der Waals surface area contributed by atoms with Crippen LogP contribution in [0.5, 0.6) is 0 Å². The first-order valence-electron chi connectivity index (χ1n) is 5.69. The van der Waals surface area contributed by atoms with Gasteiger partial charge < -0.3 is 10.8 Å². The molecule has 0 saturated carbocycles. The number of hydrogen-bond acceptors (Lipinski definition) is 4. The lowest BCUT2D eigenvalue weighted by Crippen LogP contribution is -1.96. The van der Waals surface area contributed by atoms with E-state index in [2.05, 4.69) is 4.98 Å². The molecule has 0 bridgehead atoms. The summed E-state index contributed by atoms with van der Waals surface area (Å²) in [5.41, 5.74) is 7.33. The van der Waals surface area contributed by atoms with Crippen molar-refractivity contribution in [1.29, 1.82) is 0 Å². The molecule has 0 aromatic carbocycles. The van der Waals surface area contributed by atoms with Gasteiger partial charge in [0, 0.05) is 16.6 Å². The van der Waals surface area contributed by atoms with Gasteiger partial charge in [-0.05, 0) is 30.2 Å². The van der Waals surface area contributed by atoms with Crippen LogP contribution in [0.3, 0.4) is 0 Å². The van der Waals surface area contributed by atoms with Crippen LogP contribution >= 0.6 is 11.3 Å². The molecule has 0 aliphatic rings. The van der Waals surface area contributed by atoms with Gasteiger partial charge in [-0.2, -0.15) is 0 Å². The molecule has 2 aromatic rings. The van der Waals surface area contributed by atoms with Crippen molar-refractivity contribution in [3.63, 3.8) is 0 Å². The number of nitrogen functional groups attached to an aromatic ring is 1. The third-order valence-corrected chi connectivity index (χ3v) is 3.81. The van der Waals surface area contributed by atoms with Crippen LogP contribution in [0.15, 0.2) is 24.4 Å². The Bertz CT molecular complexity index is 561. The Morgan fingerprint density at radius 1 is 1.50 bits per heavy atom. The highest BCUT2D eigenvalue weighted by Gasteiger charge is 2.15. The summed E-state index contributed by atoms with van der Waals surface area (Å²) in [6, 6.07) is 5.51. The summed E-state index contributed by atoms with van der Waals surface area (Å²) in [6.07, 6.45) is 3.37. The second kappa shape index (κ2) is 5.18. The minimum Gasteiger partial charge on any atom is -0.477 e.